The molecule has 0 aliphatic carbocycles. The Morgan fingerprint density at radius 1 is 0.494 bits per heavy atom. The van der Waals surface area contributed by atoms with Crippen molar-refractivity contribution in [3.05, 3.63) is 248 Å². The number of para-hydroxylation sites is 2. The predicted molar refractivity (Wildman–Crippen MR) is 349 cm³/mol. The Balaban J connectivity index is 0.00000721. The van der Waals surface area contributed by atoms with Gasteiger partial charge in [0, 0.05) is 66.8 Å². The summed E-state index contributed by atoms with van der Waals surface area (Å²) in [5.74, 6) is 2.04. The molecule has 3 heterocycles. The maximum absolute atomic E-state index is 7.12. The SMILES string of the molecule is [CH2-]N(c1ccccc1Nc1[c-]c(Oc2[c-]c3c4c(c2)[Si](c2ccccc2)(c2ccccc2)c2cccc(c24)n3-c2cc(C(C)(C)C)ccn2)ccc1)c1c(-c2ccccc2)cc(C(C)(C)C)cc1-c1cc(C(C)(C)C)cc(C(C)(C)C)c1.[Pt]. The Morgan fingerprint density at radius 3 is 1.66 bits per heavy atom. The minimum atomic E-state index is -2.91. The van der Waals surface area contributed by atoms with Crippen molar-refractivity contribution < 1.29 is 25.8 Å². The summed E-state index contributed by atoms with van der Waals surface area (Å²) in [4.78, 5) is 7.20. The first-order chi connectivity index (χ1) is 39.1. The second kappa shape index (κ2) is 21.5. The van der Waals surface area contributed by atoms with Gasteiger partial charge in [-0.05, 0) is 118 Å². The topological polar surface area (TPSA) is 42.3 Å². The molecule has 0 unspecified atom stereocenters. The van der Waals surface area contributed by atoms with Crippen LogP contribution in [0.25, 0.3) is 49.9 Å². The molecule has 2 aromatic heterocycles. The Kier molecular flexibility index (Phi) is 14.8. The molecule has 0 saturated heterocycles. The van der Waals surface area contributed by atoms with E-state index in [4.69, 9.17) is 16.8 Å². The van der Waals surface area contributed by atoms with Gasteiger partial charge in [-0.1, -0.05) is 228 Å². The van der Waals surface area contributed by atoms with Gasteiger partial charge >= 0.3 is 0 Å². The molecule has 0 bridgehead atoms. The smallest absolute Gasteiger partial charge is 0.155 e. The summed E-state index contributed by atoms with van der Waals surface area (Å²) >= 11 is 0. The minimum Gasteiger partial charge on any atom is -0.509 e. The van der Waals surface area contributed by atoms with Crippen LogP contribution in [-0.2, 0) is 42.7 Å². The van der Waals surface area contributed by atoms with Gasteiger partial charge in [0.1, 0.15) is 5.82 Å². The summed E-state index contributed by atoms with van der Waals surface area (Å²) in [6.45, 7) is 27.5. The number of anilines is 4. The summed E-state index contributed by atoms with van der Waals surface area (Å²) < 4.78 is 9.42. The molecule has 0 amide bonds. The van der Waals surface area contributed by atoms with E-state index in [-0.39, 0.29) is 42.7 Å². The standard InChI is InChI=1S/C76H73N4OSi.Pt/c1-73(2,3)52-39-40-77-69(46-52)80-65-37-26-38-67-70(65)71-66(80)48-58(49-68(71)82(67,59-31-19-15-20-32-59)60-33-21-16-22-34-60)81-57-30-25-29-56(47-57)78-63-35-23-24-36-64(63)79(13)72-61(50-27-17-14-18-28-50)44-55(76(10,11)12)45-62(72)51-41-53(74(4,5)6)43-54(42-51)75(7,8)9;/h14-46,49,78H,13H2,1-12H3;/q-3;. The molecule has 0 atom stereocenters. The van der Waals surface area contributed by atoms with Gasteiger partial charge < -0.3 is 19.5 Å². The van der Waals surface area contributed by atoms with Gasteiger partial charge in [-0.3, -0.25) is 7.05 Å². The number of aromatic nitrogens is 2. The van der Waals surface area contributed by atoms with Crippen molar-refractivity contribution in [2.24, 2.45) is 0 Å². The molecule has 9 aromatic carbocycles. The second-order valence-corrected chi connectivity index (χ2v) is 30.1. The molecule has 0 radical (unpaired) electrons. The zero-order chi connectivity index (χ0) is 57.5. The fraction of sp³-hybridized carbons (Fsp3) is 0.211. The summed E-state index contributed by atoms with van der Waals surface area (Å²) in [5, 5.41) is 11.5. The van der Waals surface area contributed by atoms with Gasteiger partial charge in [0.25, 0.3) is 0 Å². The third kappa shape index (κ3) is 10.4. The third-order valence-corrected chi connectivity index (χ3v) is 21.4. The summed E-state index contributed by atoms with van der Waals surface area (Å²) in [6, 6.07) is 80.5. The van der Waals surface area contributed by atoms with Crippen molar-refractivity contribution in [2.45, 2.75) is 105 Å². The van der Waals surface area contributed by atoms with E-state index in [9.17, 15) is 0 Å². The summed E-state index contributed by atoms with van der Waals surface area (Å²) in [7, 11) is 2.06. The fourth-order valence-corrected chi connectivity index (χ4v) is 17.3. The van der Waals surface area contributed by atoms with Gasteiger partial charge in [0.2, 0.25) is 0 Å². The normalized spacial score (nSPS) is 13.1. The van der Waals surface area contributed by atoms with Crippen molar-refractivity contribution in [2.75, 3.05) is 10.2 Å². The number of benzene rings is 9. The molecule has 420 valence electrons. The molecule has 0 saturated carbocycles. The van der Waals surface area contributed by atoms with Gasteiger partial charge in [-0.2, -0.15) is 6.07 Å². The van der Waals surface area contributed by atoms with Crippen LogP contribution in [0.1, 0.15) is 105 Å². The maximum atomic E-state index is 7.12. The van der Waals surface area contributed by atoms with Crippen LogP contribution < -0.4 is 35.7 Å². The van der Waals surface area contributed by atoms with Crippen molar-refractivity contribution in [1.82, 2.24) is 9.55 Å². The second-order valence-electron chi connectivity index (χ2n) is 26.4. The Hall–Kier alpha value is -7.76. The van der Waals surface area contributed by atoms with Crippen LogP contribution in [0.3, 0.4) is 0 Å². The number of hydrogen-bond acceptors (Lipinski definition) is 4. The van der Waals surface area contributed by atoms with E-state index in [0.717, 1.165) is 56.3 Å². The first kappa shape index (κ1) is 57.1. The van der Waals surface area contributed by atoms with Crippen LogP contribution in [-0.4, -0.2) is 17.6 Å². The van der Waals surface area contributed by atoms with E-state index in [1.54, 1.807) is 0 Å². The molecule has 5 nitrogen and oxygen atoms in total. The molecule has 83 heavy (non-hydrogen) atoms. The number of nitrogens with zero attached hydrogens (tertiary/aromatic N) is 3. The van der Waals surface area contributed by atoms with Crippen molar-refractivity contribution in [1.29, 1.82) is 0 Å². The number of ether oxygens (including phenoxy) is 1. The summed E-state index contributed by atoms with van der Waals surface area (Å²) in [6.07, 6.45) is 1.94. The van der Waals surface area contributed by atoms with E-state index in [1.807, 2.05) is 24.4 Å². The molecule has 0 spiro atoms. The average Bonchev–Trinajstić information content (AvgIpc) is 1.65. The number of pyridine rings is 1. The number of rotatable bonds is 11. The largest absolute Gasteiger partial charge is 0.509 e. The third-order valence-electron chi connectivity index (χ3n) is 16.6. The van der Waals surface area contributed by atoms with E-state index in [2.05, 4.69) is 292 Å². The first-order valence-corrected chi connectivity index (χ1v) is 30.8. The summed E-state index contributed by atoms with van der Waals surface area (Å²) in [5.41, 5.74) is 14.9. The molecular formula is C76H73N4OPtSi-3. The molecule has 7 heteroatoms. The van der Waals surface area contributed by atoms with Crippen LogP contribution >= 0.6 is 0 Å². The van der Waals surface area contributed by atoms with Gasteiger partial charge in [-0.15, -0.1) is 40.9 Å². The monoisotopic (exact) mass is 1280 g/mol. The van der Waals surface area contributed by atoms with Crippen LogP contribution in [0.4, 0.5) is 22.7 Å². The number of nitrogens with one attached hydrogen (secondary N) is 1. The van der Waals surface area contributed by atoms with Crippen LogP contribution in [0, 0.1) is 19.2 Å². The van der Waals surface area contributed by atoms with Crippen molar-refractivity contribution in [3.63, 3.8) is 0 Å². The molecule has 1 aliphatic rings. The van der Waals surface area contributed by atoms with E-state index in [0.29, 0.717) is 11.5 Å². The fourth-order valence-electron chi connectivity index (χ4n) is 12.1. The number of hydrogen-bond donors (Lipinski definition) is 1. The van der Waals surface area contributed by atoms with Crippen LogP contribution in [0.5, 0.6) is 11.5 Å². The Labute approximate surface area is 507 Å². The molecule has 12 rings (SSSR count). The van der Waals surface area contributed by atoms with Crippen LogP contribution in [0.15, 0.2) is 206 Å². The molecule has 11 aromatic rings. The van der Waals surface area contributed by atoms with Gasteiger partial charge in [0.05, 0.1) is 5.69 Å². The van der Waals surface area contributed by atoms with Crippen molar-refractivity contribution >= 4 is 73.4 Å². The average molecular weight is 1280 g/mol. The minimum absolute atomic E-state index is 0. The zero-order valence-corrected chi connectivity index (χ0v) is 53.2. The zero-order valence-electron chi connectivity index (χ0n) is 49.9. The first-order valence-electron chi connectivity index (χ1n) is 28.8. The van der Waals surface area contributed by atoms with E-state index < -0.39 is 8.07 Å². The maximum Gasteiger partial charge on any atom is 0.155 e. The molecular weight excluding hydrogens is 1210 g/mol. The Morgan fingerprint density at radius 2 is 1.05 bits per heavy atom. The molecule has 1 aliphatic heterocycles. The van der Waals surface area contributed by atoms with E-state index in [1.165, 1.54) is 59.3 Å². The predicted octanol–water partition coefficient (Wildman–Crippen LogP) is 17.5. The quantitative estimate of drug-likeness (QED) is 0.104. The molecule has 0 fully saturated rings. The Bertz CT molecular complexity index is 4140. The van der Waals surface area contributed by atoms with Gasteiger partial charge in [-0.25, -0.2) is 4.98 Å². The molecule has 1 N–H and O–H groups in total. The van der Waals surface area contributed by atoms with Gasteiger partial charge in [0.15, 0.2) is 8.07 Å². The van der Waals surface area contributed by atoms with Crippen LogP contribution in [0.2, 0.25) is 0 Å². The van der Waals surface area contributed by atoms with E-state index >= 15 is 0 Å². The van der Waals surface area contributed by atoms with Crippen molar-refractivity contribution in [3.8, 4) is 39.6 Å².